The second-order valence-corrected chi connectivity index (χ2v) is 9.84. The molecule has 0 nitrogen and oxygen atoms in total. The summed E-state index contributed by atoms with van der Waals surface area (Å²) in [5, 5.41) is 0. The third kappa shape index (κ3) is 4.14. The van der Waals surface area contributed by atoms with Crippen LogP contribution in [0.4, 0.5) is 0 Å². The molecule has 0 saturated carbocycles. The molecule has 0 aliphatic heterocycles. The quantitative estimate of drug-likeness (QED) is 0.192. The van der Waals surface area contributed by atoms with Crippen molar-refractivity contribution in [1.82, 2.24) is 0 Å². The van der Waals surface area contributed by atoms with Gasteiger partial charge in [0.05, 0.1) is 0 Å². The minimum Gasteiger partial charge on any atom is -0.143 e. The SMILES string of the molecule is CCC(c1ccccc1S)(c1ccccc1S)C(c1ccccc1S)c1ccccc1S. The summed E-state index contributed by atoms with van der Waals surface area (Å²) in [7, 11) is 0. The van der Waals surface area contributed by atoms with Gasteiger partial charge in [0.25, 0.3) is 0 Å². The minimum atomic E-state index is -0.436. The lowest BCUT2D eigenvalue weighted by molar-refractivity contribution is 0.416. The van der Waals surface area contributed by atoms with Crippen LogP contribution in [-0.2, 0) is 5.41 Å². The van der Waals surface area contributed by atoms with Gasteiger partial charge in [-0.1, -0.05) is 79.7 Å². The predicted octanol–water partition coefficient (Wildman–Crippen LogP) is 8.37. The van der Waals surface area contributed by atoms with E-state index in [1.54, 1.807) is 0 Å². The van der Waals surface area contributed by atoms with E-state index in [4.69, 9.17) is 50.5 Å². The molecule has 0 aliphatic rings. The summed E-state index contributed by atoms with van der Waals surface area (Å²) in [5.74, 6) is -0.0449. The molecule has 4 heteroatoms. The highest BCUT2D eigenvalue weighted by molar-refractivity contribution is 7.81. The van der Waals surface area contributed by atoms with Crippen molar-refractivity contribution in [2.75, 3.05) is 0 Å². The third-order valence-electron chi connectivity index (χ3n) is 6.32. The van der Waals surface area contributed by atoms with Gasteiger partial charge in [0.2, 0.25) is 0 Å². The first-order valence-corrected chi connectivity index (χ1v) is 12.4. The fourth-order valence-electron chi connectivity index (χ4n) is 4.90. The Morgan fingerprint density at radius 2 is 0.875 bits per heavy atom. The molecule has 0 radical (unpaired) electrons. The van der Waals surface area contributed by atoms with Crippen LogP contribution in [0.5, 0.6) is 0 Å². The van der Waals surface area contributed by atoms with Crippen LogP contribution in [0, 0.1) is 0 Å². The fourth-order valence-corrected chi connectivity index (χ4v) is 6.20. The van der Waals surface area contributed by atoms with Gasteiger partial charge in [-0.2, -0.15) is 0 Å². The van der Waals surface area contributed by atoms with Gasteiger partial charge in [0.15, 0.2) is 0 Å². The Hall–Kier alpha value is -1.72. The zero-order valence-electron chi connectivity index (χ0n) is 17.8. The highest BCUT2D eigenvalue weighted by Crippen LogP contribution is 2.54. The van der Waals surface area contributed by atoms with Crippen molar-refractivity contribution in [2.24, 2.45) is 0 Å². The summed E-state index contributed by atoms with van der Waals surface area (Å²) >= 11 is 19.7. The molecule has 0 amide bonds. The number of hydrogen-bond acceptors (Lipinski definition) is 4. The van der Waals surface area contributed by atoms with E-state index in [1.165, 1.54) is 11.1 Å². The van der Waals surface area contributed by atoms with E-state index in [1.807, 2.05) is 24.3 Å². The number of thiol groups is 4. The maximum absolute atomic E-state index is 4.94. The molecular weight excluding hydrogens is 465 g/mol. The van der Waals surface area contributed by atoms with Crippen molar-refractivity contribution >= 4 is 50.5 Å². The van der Waals surface area contributed by atoms with Crippen molar-refractivity contribution in [2.45, 2.75) is 44.3 Å². The summed E-state index contributed by atoms with van der Waals surface area (Å²) < 4.78 is 0. The molecule has 0 fully saturated rings. The van der Waals surface area contributed by atoms with Crippen molar-refractivity contribution in [3.8, 4) is 0 Å². The molecule has 0 saturated heterocycles. The van der Waals surface area contributed by atoms with Gasteiger partial charge in [-0.15, -0.1) is 50.5 Å². The maximum Gasteiger partial charge on any atom is 0.0332 e. The first-order chi connectivity index (χ1) is 15.5. The van der Waals surface area contributed by atoms with E-state index in [0.717, 1.165) is 37.1 Å². The summed E-state index contributed by atoms with van der Waals surface area (Å²) in [6, 6.07) is 33.5. The molecule has 162 valence electrons. The highest BCUT2D eigenvalue weighted by atomic mass is 32.1. The van der Waals surface area contributed by atoms with Crippen molar-refractivity contribution in [3.63, 3.8) is 0 Å². The average Bonchev–Trinajstić information content (AvgIpc) is 2.80. The molecular formula is C28H26S4. The zero-order valence-corrected chi connectivity index (χ0v) is 21.4. The summed E-state index contributed by atoms with van der Waals surface area (Å²) in [6.07, 6.45) is 0.844. The number of hydrogen-bond donors (Lipinski definition) is 4. The van der Waals surface area contributed by atoms with E-state index in [9.17, 15) is 0 Å². The molecule has 4 rings (SSSR count). The fraction of sp³-hybridized carbons (Fsp3) is 0.143. The smallest absolute Gasteiger partial charge is 0.0332 e. The third-order valence-corrected chi connectivity index (χ3v) is 7.91. The standard InChI is InChI=1S/C28H26S4/c1-2-28(21-13-5-9-17-25(21)31,22-14-6-10-18-26(22)32)27(19-11-3-7-15-23(19)29)20-12-4-8-16-24(20)30/h3-18,27,29-32H,2H2,1H3. The molecule has 0 atom stereocenters. The van der Waals surface area contributed by atoms with Gasteiger partial charge in [0.1, 0.15) is 0 Å². The molecule has 4 aromatic carbocycles. The van der Waals surface area contributed by atoms with Crippen LogP contribution >= 0.6 is 50.5 Å². The van der Waals surface area contributed by atoms with Gasteiger partial charge in [-0.05, 0) is 52.9 Å². The predicted molar refractivity (Wildman–Crippen MR) is 148 cm³/mol. The van der Waals surface area contributed by atoms with Gasteiger partial charge < -0.3 is 0 Å². The minimum absolute atomic E-state index is 0.0449. The molecule has 0 N–H and O–H groups in total. The number of rotatable bonds is 6. The van der Waals surface area contributed by atoms with Crippen LogP contribution in [-0.4, -0.2) is 0 Å². The lowest BCUT2D eigenvalue weighted by atomic mass is 9.60. The van der Waals surface area contributed by atoms with Crippen molar-refractivity contribution < 1.29 is 0 Å². The van der Waals surface area contributed by atoms with Crippen LogP contribution in [0.1, 0.15) is 41.5 Å². The Kier molecular flexibility index (Phi) is 7.36. The van der Waals surface area contributed by atoms with Crippen molar-refractivity contribution in [1.29, 1.82) is 0 Å². The second-order valence-electron chi connectivity index (χ2n) is 7.91. The second kappa shape index (κ2) is 10.0. The normalized spacial score (nSPS) is 11.7. The molecule has 0 unspecified atom stereocenters. The Labute approximate surface area is 213 Å². The summed E-state index contributed by atoms with van der Waals surface area (Å²) in [6.45, 7) is 2.25. The Balaban J connectivity index is 2.19. The summed E-state index contributed by atoms with van der Waals surface area (Å²) in [4.78, 5) is 3.84. The summed E-state index contributed by atoms with van der Waals surface area (Å²) in [5.41, 5.74) is 4.23. The molecule has 0 aliphatic carbocycles. The van der Waals surface area contributed by atoms with E-state index in [-0.39, 0.29) is 5.92 Å². The Morgan fingerprint density at radius 3 is 1.22 bits per heavy atom. The van der Waals surface area contributed by atoms with E-state index >= 15 is 0 Å². The first kappa shape index (κ1) is 23.4. The van der Waals surface area contributed by atoms with E-state index in [0.29, 0.717) is 0 Å². The van der Waals surface area contributed by atoms with Crippen molar-refractivity contribution in [3.05, 3.63) is 119 Å². The first-order valence-electron chi connectivity index (χ1n) is 10.6. The van der Waals surface area contributed by atoms with Gasteiger partial charge >= 0.3 is 0 Å². The van der Waals surface area contributed by atoms with Gasteiger partial charge in [0, 0.05) is 30.9 Å². The van der Waals surface area contributed by atoms with Gasteiger partial charge in [-0.25, -0.2) is 0 Å². The van der Waals surface area contributed by atoms with Crippen LogP contribution in [0.3, 0.4) is 0 Å². The zero-order chi connectivity index (χ0) is 22.7. The highest BCUT2D eigenvalue weighted by Gasteiger charge is 2.45. The lowest BCUT2D eigenvalue weighted by Gasteiger charge is -2.44. The number of benzene rings is 4. The Bertz CT molecular complexity index is 1140. The monoisotopic (exact) mass is 490 g/mol. The van der Waals surface area contributed by atoms with Gasteiger partial charge in [-0.3, -0.25) is 0 Å². The molecule has 0 bridgehead atoms. The van der Waals surface area contributed by atoms with E-state index < -0.39 is 5.41 Å². The topological polar surface area (TPSA) is 0 Å². The lowest BCUT2D eigenvalue weighted by Crippen LogP contribution is -2.37. The maximum atomic E-state index is 4.94. The molecule has 0 heterocycles. The van der Waals surface area contributed by atoms with E-state index in [2.05, 4.69) is 79.7 Å². The largest absolute Gasteiger partial charge is 0.143 e. The molecule has 0 aromatic heterocycles. The van der Waals surface area contributed by atoms with Crippen LogP contribution in [0.25, 0.3) is 0 Å². The molecule has 0 spiro atoms. The van der Waals surface area contributed by atoms with Crippen LogP contribution in [0.2, 0.25) is 0 Å². The van der Waals surface area contributed by atoms with Crippen LogP contribution < -0.4 is 0 Å². The molecule has 4 aromatic rings. The van der Waals surface area contributed by atoms with Crippen LogP contribution in [0.15, 0.2) is 117 Å². The Morgan fingerprint density at radius 1 is 0.531 bits per heavy atom. The average molecular weight is 491 g/mol. The molecule has 32 heavy (non-hydrogen) atoms.